The Hall–Kier alpha value is -2.98. The van der Waals surface area contributed by atoms with E-state index in [0.29, 0.717) is 6.61 Å². The SMILES string of the molecule is Fc1ccc(COc2ccc3ccccc3c2C=Nc2ccc(Br)cc2)cc1. The van der Waals surface area contributed by atoms with E-state index in [1.165, 1.54) is 12.1 Å². The third-order valence-corrected chi connectivity index (χ3v) is 4.94. The molecule has 4 rings (SSSR count). The fourth-order valence-electron chi connectivity index (χ4n) is 2.94. The lowest BCUT2D eigenvalue weighted by Crippen LogP contribution is -1.99. The van der Waals surface area contributed by atoms with Crippen LogP contribution in [0.2, 0.25) is 0 Å². The van der Waals surface area contributed by atoms with Crippen molar-refractivity contribution >= 4 is 38.6 Å². The average molecular weight is 434 g/mol. The maximum atomic E-state index is 13.1. The van der Waals surface area contributed by atoms with Crippen LogP contribution in [0, 0.1) is 5.82 Å². The zero-order chi connectivity index (χ0) is 19.3. The molecule has 28 heavy (non-hydrogen) atoms. The molecule has 0 saturated carbocycles. The Bertz CT molecular complexity index is 1120. The lowest BCUT2D eigenvalue weighted by atomic mass is 10.0. The van der Waals surface area contributed by atoms with E-state index in [2.05, 4.69) is 33.1 Å². The van der Waals surface area contributed by atoms with Gasteiger partial charge in [-0.2, -0.15) is 0 Å². The molecule has 0 atom stereocenters. The van der Waals surface area contributed by atoms with Crippen molar-refractivity contribution in [2.24, 2.45) is 4.99 Å². The number of nitrogens with zero attached hydrogens (tertiary/aromatic N) is 1. The maximum absolute atomic E-state index is 13.1. The minimum atomic E-state index is -0.253. The summed E-state index contributed by atoms with van der Waals surface area (Å²) in [5, 5.41) is 2.19. The second-order valence-electron chi connectivity index (χ2n) is 6.35. The minimum absolute atomic E-state index is 0.253. The van der Waals surface area contributed by atoms with Gasteiger partial charge in [-0.25, -0.2) is 4.39 Å². The standard InChI is InChI=1S/C24H17BrFNO/c25-19-8-12-21(13-9-19)27-15-23-22-4-2-1-3-18(22)7-14-24(23)28-16-17-5-10-20(26)11-6-17/h1-15H,16H2. The normalized spacial score (nSPS) is 11.2. The van der Waals surface area contributed by atoms with Gasteiger partial charge in [0.2, 0.25) is 0 Å². The molecule has 0 aliphatic carbocycles. The van der Waals surface area contributed by atoms with Gasteiger partial charge in [0.05, 0.1) is 5.69 Å². The number of benzene rings is 4. The third-order valence-electron chi connectivity index (χ3n) is 4.41. The first-order chi connectivity index (χ1) is 13.7. The summed E-state index contributed by atoms with van der Waals surface area (Å²) in [7, 11) is 0. The monoisotopic (exact) mass is 433 g/mol. The second kappa shape index (κ2) is 8.36. The predicted octanol–water partition coefficient (Wildman–Crippen LogP) is 7.07. The van der Waals surface area contributed by atoms with Crippen molar-refractivity contribution in [3.05, 3.63) is 106 Å². The summed E-state index contributed by atoms with van der Waals surface area (Å²) >= 11 is 3.44. The van der Waals surface area contributed by atoms with E-state index in [-0.39, 0.29) is 5.82 Å². The van der Waals surface area contributed by atoms with Crippen LogP contribution in [0.25, 0.3) is 10.8 Å². The second-order valence-corrected chi connectivity index (χ2v) is 7.26. The molecule has 0 unspecified atom stereocenters. The first-order valence-electron chi connectivity index (χ1n) is 8.88. The molecule has 4 heteroatoms. The Morgan fingerprint density at radius 1 is 0.857 bits per heavy atom. The third kappa shape index (κ3) is 4.29. The van der Waals surface area contributed by atoms with Crippen LogP contribution >= 0.6 is 15.9 Å². The highest BCUT2D eigenvalue weighted by Gasteiger charge is 2.08. The lowest BCUT2D eigenvalue weighted by Gasteiger charge is -2.12. The van der Waals surface area contributed by atoms with Crippen LogP contribution in [0.1, 0.15) is 11.1 Å². The van der Waals surface area contributed by atoms with Crippen LogP contribution in [0.4, 0.5) is 10.1 Å². The van der Waals surface area contributed by atoms with Crippen molar-refractivity contribution in [1.29, 1.82) is 0 Å². The quantitative estimate of drug-likeness (QED) is 0.308. The number of aliphatic imine (C=N–C) groups is 1. The van der Waals surface area contributed by atoms with Crippen molar-refractivity contribution in [3.8, 4) is 5.75 Å². The molecule has 0 heterocycles. The number of rotatable bonds is 5. The van der Waals surface area contributed by atoms with Gasteiger partial charge in [0.25, 0.3) is 0 Å². The molecule has 0 radical (unpaired) electrons. The van der Waals surface area contributed by atoms with Gasteiger partial charge in [-0.1, -0.05) is 58.4 Å². The molecule has 2 nitrogen and oxygen atoms in total. The highest BCUT2D eigenvalue weighted by atomic mass is 79.9. The smallest absolute Gasteiger partial charge is 0.129 e. The Labute approximate surface area is 171 Å². The van der Waals surface area contributed by atoms with Crippen molar-refractivity contribution < 1.29 is 9.13 Å². The van der Waals surface area contributed by atoms with E-state index in [0.717, 1.165) is 37.8 Å². The summed E-state index contributed by atoms with van der Waals surface area (Å²) in [6.07, 6.45) is 1.84. The predicted molar refractivity (Wildman–Crippen MR) is 116 cm³/mol. The highest BCUT2D eigenvalue weighted by molar-refractivity contribution is 9.10. The summed E-state index contributed by atoms with van der Waals surface area (Å²) in [6, 6.07) is 26.3. The van der Waals surface area contributed by atoms with Gasteiger partial charge in [-0.05, 0) is 58.8 Å². The van der Waals surface area contributed by atoms with Gasteiger partial charge in [-0.3, -0.25) is 4.99 Å². The van der Waals surface area contributed by atoms with Gasteiger partial charge in [0, 0.05) is 16.3 Å². The van der Waals surface area contributed by atoms with E-state index in [1.54, 1.807) is 12.1 Å². The highest BCUT2D eigenvalue weighted by Crippen LogP contribution is 2.28. The van der Waals surface area contributed by atoms with E-state index in [9.17, 15) is 4.39 Å². The van der Waals surface area contributed by atoms with Crippen LogP contribution in [-0.2, 0) is 6.61 Å². The Morgan fingerprint density at radius 2 is 1.61 bits per heavy atom. The van der Waals surface area contributed by atoms with Gasteiger partial charge >= 0.3 is 0 Å². The van der Waals surface area contributed by atoms with Crippen molar-refractivity contribution in [2.45, 2.75) is 6.61 Å². The van der Waals surface area contributed by atoms with Crippen LogP contribution in [0.15, 0.2) is 94.4 Å². The summed E-state index contributed by atoms with van der Waals surface area (Å²) in [4.78, 5) is 4.62. The molecular formula is C24H17BrFNO. The van der Waals surface area contributed by atoms with Crippen LogP contribution in [0.3, 0.4) is 0 Å². The molecule has 0 bridgehead atoms. The Kier molecular flexibility index (Phi) is 5.49. The van der Waals surface area contributed by atoms with Gasteiger partial charge in [0.15, 0.2) is 0 Å². The summed E-state index contributed by atoms with van der Waals surface area (Å²) < 4.78 is 20.2. The van der Waals surface area contributed by atoms with Crippen molar-refractivity contribution in [1.82, 2.24) is 0 Å². The first kappa shape index (κ1) is 18.4. The van der Waals surface area contributed by atoms with Crippen LogP contribution < -0.4 is 4.74 Å². The molecule has 0 amide bonds. The summed E-state index contributed by atoms with van der Waals surface area (Å²) in [5.41, 5.74) is 2.69. The van der Waals surface area contributed by atoms with E-state index < -0.39 is 0 Å². The average Bonchev–Trinajstić information content (AvgIpc) is 2.73. The number of hydrogen-bond acceptors (Lipinski definition) is 2. The molecule has 0 aromatic heterocycles. The zero-order valence-corrected chi connectivity index (χ0v) is 16.6. The summed E-state index contributed by atoms with van der Waals surface area (Å²) in [6.45, 7) is 0.359. The van der Waals surface area contributed by atoms with E-state index in [1.807, 2.05) is 54.7 Å². The van der Waals surface area contributed by atoms with E-state index in [4.69, 9.17) is 4.74 Å². The van der Waals surface area contributed by atoms with Crippen LogP contribution in [0.5, 0.6) is 5.75 Å². The molecular weight excluding hydrogens is 417 g/mol. The fraction of sp³-hybridized carbons (Fsp3) is 0.0417. The maximum Gasteiger partial charge on any atom is 0.129 e. The first-order valence-corrected chi connectivity index (χ1v) is 9.67. The van der Waals surface area contributed by atoms with E-state index >= 15 is 0 Å². The number of ether oxygens (including phenoxy) is 1. The molecule has 0 N–H and O–H groups in total. The molecule has 4 aromatic carbocycles. The number of hydrogen-bond donors (Lipinski definition) is 0. The molecule has 0 spiro atoms. The Balaban J connectivity index is 1.68. The van der Waals surface area contributed by atoms with Gasteiger partial charge in [-0.15, -0.1) is 0 Å². The van der Waals surface area contributed by atoms with Gasteiger partial charge < -0.3 is 4.74 Å². The minimum Gasteiger partial charge on any atom is -0.488 e. The molecule has 138 valence electrons. The fourth-order valence-corrected chi connectivity index (χ4v) is 3.21. The molecule has 0 fully saturated rings. The van der Waals surface area contributed by atoms with Crippen molar-refractivity contribution in [2.75, 3.05) is 0 Å². The summed E-state index contributed by atoms with van der Waals surface area (Å²) in [5.74, 6) is 0.487. The number of halogens is 2. The largest absolute Gasteiger partial charge is 0.488 e. The Morgan fingerprint density at radius 3 is 2.39 bits per heavy atom. The van der Waals surface area contributed by atoms with Gasteiger partial charge in [0.1, 0.15) is 18.2 Å². The van der Waals surface area contributed by atoms with Crippen LogP contribution in [-0.4, -0.2) is 6.21 Å². The number of fused-ring (bicyclic) bond motifs is 1. The molecule has 0 saturated heterocycles. The topological polar surface area (TPSA) is 21.6 Å². The molecule has 4 aromatic rings. The zero-order valence-electron chi connectivity index (χ0n) is 15.0. The molecule has 0 aliphatic rings. The molecule has 0 aliphatic heterocycles. The van der Waals surface area contributed by atoms with Crippen molar-refractivity contribution in [3.63, 3.8) is 0 Å². The lowest BCUT2D eigenvalue weighted by molar-refractivity contribution is 0.306.